The van der Waals surface area contributed by atoms with E-state index in [9.17, 15) is 8.42 Å². The molecule has 2 aromatic heterocycles. The van der Waals surface area contributed by atoms with E-state index < -0.39 is 9.84 Å². The van der Waals surface area contributed by atoms with Crippen LogP contribution in [0.3, 0.4) is 0 Å². The molecule has 0 aliphatic rings. The van der Waals surface area contributed by atoms with E-state index in [0.29, 0.717) is 13.1 Å². The Hall–Kier alpha value is -2.45. The highest BCUT2D eigenvalue weighted by atomic mass is 32.2. The summed E-state index contributed by atoms with van der Waals surface area (Å²) in [5.41, 5.74) is 3.18. The van der Waals surface area contributed by atoms with Gasteiger partial charge in [0.05, 0.1) is 23.8 Å². The Kier molecular flexibility index (Phi) is 6.31. The van der Waals surface area contributed by atoms with Crippen molar-refractivity contribution in [3.63, 3.8) is 0 Å². The molecule has 7 nitrogen and oxygen atoms in total. The van der Waals surface area contributed by atoms with Crippen molar-refractivity contribution in [3.05, 3.63) is 65.7 Å². The van der Waals surface area contributed by atoms with Gasteiger partial charge in [-0.25, -0.2) is 13.4 Å². The number of nitrogens with zero attached hydrogens (tertiary/aromatic N) is 5. The van der Waals surface area contributed by atoms with Gasteiger partial charge >= 0.3 is 0 Å². The quantitative estimate of drug-likeness (QED) is 0.550. The molecule has 0 radical (unpaired) electrons. The van der Waals surface area contributed by atoms with Gasteiger partial charge in [0.25, 0.3) is 0 Å². The van der Waals surface area contributed by atoms with Gasteiger partial charge < -0.3 is 4.57 Å². The van der Waals surface area contributed by atoms with Crippen LogP contribution in [0, 0.1) is 0 Å². The van der Waals surface area contributed by atoms with Crippen LogP contribution in [0.15, 0.2) is 54.1 Å². The van der Waals surface area contributed by atoms with Gasteiger partial charge in [-0.3, -0.25) is 9.58 Å². The van der Waals surface area contributed by atoms with Gasteiger partial charge in [0.15, 0.2) is 0 Å². The fourth-order valence-corrected chi connectivity index (χ4v) is 4.23. The fraction of sp³-hybridized carbons (Fsp3) is 0.400. The topological polar surface area (TPSA) is 73.0 Å². The van der Waals surface area contributed by atoms with Gasteiger partial charge in [0.1, 0.15) is 0 Å². The molecule has 3 aromatic rings. The highest BCUT2D eigenvalue weighted by molar-refractivity contribution is 7.91. The Labute approximate surface area is 166 Å². The largest absolute Gasteiger partial charge is 0.317 e. The predicted molar refractivity (Wildman–Crippen MR) is 108 cm³/mol. The van der Waals surface area contributed by atoms with Crippen molar-refractivity contribution in [1.29, 1.82) is 0 Å². The lowest BCUT2D eigenvalue weighted by molar-refractivity contribution is 0.307. The second kappa shape index (κ2) is 8.70. The first-order valence-corrected chi connectivity index (χ1v) is 11.0. The summed E-state index contributed by atoms with van der Waals surface area (Å²) in [6.45, 7) is 3.57. The zero-order valence-electron chi connectivity index (χ0n) is 16.6. The number of aromatic nitrogens is 4. The number of rotatable bonds is 9. The molecule has 0 atom stereocenters. The van der Waals surface area contributed by atoms with Crippen molar-refractivity contribution < 1.29 is 8.42 Å². The molecule has 0 saturated heterocycles. The van der Waals surface area contributed by atoms with Crippen molar-refractivity contribution in [2.24, 2.45) is 7.05 Å². The van der Waals surface area contributed by atoms with Crippen molar-refractivity contribution >= 4 is 9.84 Å². The maximum Gasteiger partial charge on any atom is 0.227 e. The molecule has 0 fully saturated rings. The van der Waals surface area contributed by atoms with E-state index in [-0.39, 0.29) is 10.9 Å². The summed E-state index contributed by atoms with van der Waals surface area (Å²) >= 11 is 0. The highest BCUT2D eigenvalue weighted by Gasteiger charge is 2.22. The number of benzene rings is 1. The van der Waals surface area contributed by atoms with Crippen molar-refractivity contribution in [2.75, 3.05) is 12.8 Å². The summed E-state index contributed by atoms with van der Waals surface area (Å²) in [5, 5.41) is 4.36. The zero-order valence-corrected chi connectivity index (χ0v) is 17.4. The number of sulfone groups is 1. The maximum atomic E-state index is 12.5. The molecule has 0 spiro atoms. The van der Waals surface area contributed by atoms with Crippen molar-refractivity contribution in [1.82, 2.24) is 24.2 Å². The normalized spacial score (nSPS) is 12.0. The minimum atomic E-state index is -3.38. The second-order valence-electron chi connectivity index (χ2n) is 7.02. The van der Waals surface area contributed by atoms with Crippen LogP contribution in [-0.4, -0.2) is 45.4 Å². The Morgan fingerprint density at radius 3 is 2.46 bits per heavy atom. The summed E-state index contributed by atoms with van der Waals surface area (Å²) in [4.78, 5) is 6.40. The van der Waals surface area contributed by atoms with Crippen molar-refractivity contribution in [3.8, 4) is 0 Å². The molecule has 3 rings (SSSR count). The third kappa shape index (κ3) is 4.88. The lowest BCUT2D eigenvalue weighted by atomic mass is 10.1. The molecular formula is C20H27N5O2S. The maximum absolute atomic E-state index is 12.5. The number of aryl methyl sites for hydroxylation is 2. The standard InChI is InChI=1S/C20H27N5O2S/c1-4-28(26,27)20-21-13-19(16-23(2)14-18-12-22-24(3)15-18)25(20)11-10-17-8-6-5-7-9-17/h5-9,12-13,15H,4,10-11,14,16H2,1-3H3. The van der Waals surface area contributed by atoms with E-state index in [1.54, 1.807) is 17.8 Å². The van der Waals surface area contributed by atoms with Crippen LogP contribution in [0.5, 0.6) is 0 Å². The Balaban J connectivity index is 1.81. The molecule has 0 amide bonds. The molecule has 1 aromatic carbocycles. The number of imidazole rings is 1. The predicted octanol–water partition coefficient (Wildman–Crippen LogP) is 2.28. The highest BCUT2D eigenvalue weighted by Crippen LogP contribution is 2.17. The Morgan fingerprint density at radius 2 is 1.82 bits per heavy atom. The van der Waals surface area contributed by atoms with Gasteiger partial charge in [-0.1, -0.05) is 37.3 Å². The summed E-state index contributed by atoms with van der Waals surface area (Å²) < 4.78 is 28.7. The minimum absolute atomic E-state index is 0.0420. The first kappa shape index (κ1) is 20.3. The summed E-state index contributed by atoms with van der Waals surface area (Å²) in [5.74, 6) is 0.0420. The number of hydrogen-bond acceptors (Lipinski definition) is 5. The van der Waals surface area contributed by atoms with Crippen LogP contribution in [-0.2, 0) is 42.9 Å². The zero-order chi connectivity index (χ0) is 20.1. The summed E-state index contributed by atoms with van der Waals surface area (Å²) in [7, 11) is 0.519. The van der Waals surface area contributed by atoms with E-state index in [2.05, 4.69) is 27.1 Å². The third-order valence-electron chi connectivity index (χ3n) is 4.67. The Bertz CT molecular complexity index is 1010. The van der Waals surface area contributed by atoms with Crippen molar-refractivity contribution in [2.45, 2.75) is 38.1 Å². The van der Waals surface area contributed by atoms with E-state index in [0.717, 1.165) is 24.2 Å². The first-order valence-electron chi connectivity index (χ1n) is 9.36. The van der Waals surface area contributed by atoms with E-state index in [4.69, 9.17) is 0 Å². The molecule has 0 saturated carbocycles. The average molecular weight is 402 g/mol. The van der Waals surface area contributed by atoms with Gasteiger partial charge in [-0.05, 0) is 19.0 Å². The molecule has 2 heterocycles. The lowest BCUT2D eigenvalue weighted by Crippen LogP contribution is -2.21. The fourth-order valence-electron chi connectivity index (χ4n) is 3.22. The van der Waals surface area contributed by atoms with Gasteiger partial charge in [-0.2, -0.15) is 5.10 Å². The average Bonchev–Trinajstić information content (AvgIpc) is 3.27. The molecule has 0 unspecified atom stereocenters. The van der Waals surface area contributed by atoms with E-state index >= 15 is 0 Å². The van der Waals surface area contributed by atoms with Crippen LogP contribution in [0.4, 0.5) is 0 Å². The lowest BCUT2D eigenvalue weighted by Gasteiger charge is -2.18. The monoisotopic (exact) mass is 401 g/mol. The minimum Gasteiger partial charge on any atom is -0.317 e. The summed E-state index contributed by atoms with van der Waals surface area (Å²) in [6.07, 6.45) is 6.27. The molecule has 0 N–H and O–H groups in total. The van der Waals surface area contributed by atoms with Crippen LogP contribution in [0.25, 0.3) is 0 Å². The molecule has 0 aliphatic carbocycles. The van der Waals surface area contributed by atoms with Gasteiger partial charge in [0.2, 0.25) is 15.0 Å². The molecule has 0 aliphatic heterocycles. The van der Waals surface area contributed by atoms with E-state index in [1.165, 1.54) is 5.56 Å². The molecule has 150 valence electrons. The third-order valence-corrected chi connectivity index (χ3v) is 6.31. The Morgan fingerprint density at radius 1 is 1.07 bits per heavy atom. The second-order valence-corrected chi connectivity index (χ2v) is 9.19. The molecule has 28 heavy (non-hydrogen) atoms. The SMILES string of the molecule is CCS(=O)(=O)c1ncc(CN(C)Cc2cnn(C)c2)n1CCc1ccccc1. The molecule has 8 heteroatoms. The van der Waals surface area contributed by atoms with Gasteiger partial charge in [-0.15, -0.1) is 0 Å². The van der Waals surface area contributed by atoms with Gasteiger partial charge in [0, 0.05) is 38.4 Å². The van der Waals surface area contributed by atoms with E-state index in [1.807, 2.05) is 49.3 Å². The first-order chi connectivity index (χ1) is 13.4. The van der Waals surface area contributed by atoms with Crippen LogP contribution >= 0.6 is 0 Å². The van der Waals surface area contributed by atoms with Crippen LogP contribution in [0.1, 0.15) is 23.7 Å². The number of hydrogen-bond donors (Lipinski definition) is 0. The molecular weight excluding hydrogens is 374 g/mol. The summed E-state index contributed by atoms with van der Waals surface area (Å²) in [6, 6.07) is 10.1. The van der Waals surface area contributed by atoms with Crippen LogP contribution in [0.2, 0.25) is 0 Å². The van der Waals surface area contributed by atoms with Crippen LogP contribution < -0.4 is 0 Å². The smallest absolute Gasteiger partial charge is 0.227 e. The molecule has 0 bridgehead atoms.